The molecule has 0 aliphatic heterocycles. The number of phenolic OH excluding ortho intramolecular Hbond substituents is 1. The molecule has 0 spiro atoms. The molecule has 0 heterocycles. The highest BCUT2D eigenvalue weighted by atomic mass is 35.5. The number of hydrogen-bond donors (Lipinski definition) is 1. The Kier molecular flexibility index (Phi) is 2.29. The fourth-order valence-corrected chi connectivity index (χ4v) is 0.994. The maximum atomic E-state index is 12.0. The molecule has 0 fully saturated rings. The first-order valence-corrected chi connectivity index (χ1v) is 3.26. The second-order valence-electron chi connectivity index (χ2n) is 1.97. The summed E-state index contributed by atoms with van der Waals surface area (Å²) >= 11 is 5.38. The van der Waals surface area contributed by atoms with Gasteiger partial charge in [-0.3, -0.25) is 0 Å². The van der Waals surface area contributed by atoms with Gasteiger partial charge in [0.05, 0.1) is 10.6 Å². The fourth-order valence-electron chi connectivity index (χ4n) is 0.742. The van der Waals surface area contributed by atoms with Crippen molar-refractivity contribution in [1.29, 1.82) is 0 Å². The molecule has 0 aliphatic carbocycles. The summed E-state index contributed by atoms with van der Waals surface area (Å²) in [5, 5.41) is 8.79. The summed E-state index contributed by atoms with van der Waals surface area (Å²) in [7, 11) is 0. The fraction of sp³-hybridized carbons (Fsp3) is 0.143. The van der Waals surface area contributed by atoms with Crippen LogP contribution >= 0.6 is 11.6 Å². The summed E-state index contributed by atoms with van der Waals surface area (Å²) in [6, 6.07) is 3.89. The van der Waals surface area contributed by atoms with Crippen LogP contribution in [0.15, 0.2) is 18.2 Å². The van der Waals surface area contributed by atoms with Crippen molar-refractivity contribution in [3.63, 3.8) is 0 Å². The molecule has 0 radical (unpaired) electrons. The van der Waals surface area contributed by atoms with Gasteiger partial charge >= 0.3 is 0 Å². The summed E-state index contributed by atoms with van der Waals surface area (Å²) in [5.41, 5.74) is -0.505. The van der Waals surface area contributed by atoms with E-state index in [9.17, 15) is 8.78 Å². The Hall–Kier alpha value is -0.830. The van der Waals surface area contributed by atoms with Gasteiger partial charge in [0.1, 0.15) is 5.75 Å². The first-order chi connectivity index (χ1) is 5.13. The number of alkyl halides is 2. The number of halogens is 3. The third-order valence-electron chi connectivity index (χ3n) is 1.25. The molecule has 60 valence electrons. The molecule has 0 aromatic heterocycles. The number of rotatable bonds is 1. The summed E-state index contributed by atoms with van der Waals surface area (Å²) in [6.45, 7) is 0. The van der Waals surface area contributed by atoms with E-state index in [0.29, 0.717) is 0 Å². The lowest BCUT2D eigenvalue weighted by molar-refractivity contribution is 0.147. The lowest BCUT2D eigenvalue weighted by Gasteiger charge is -2.03. The zero-order valence-corrected chi connectivity index (χ0v) is 6.15. The van der Waals surface area contributed by atoms with Crippen LogP contribution in [0, 0.1) is 0 Å². The van der Waals surface area contributed by atoms with Crippen LogP contribution in [-0.4, -0.2) is 5.11 Å². The van der Waals surface area contributed by atoms with Crippen molar-refractivity contribution in [3.8, 4) is 5.75 Å². The topological polar surface area (TPSA) is 20.2 Å². The molecule has 0 atom stereocenters. The Labute approximate surface area is 67.2 Å². The molecule has 1 aromatic rings. The average molecular weight is 179 g/mol. The summed E-state index contributed by atoms with van der Waals surface area (Å²) in [4.78, 5) is 0. The highest BCUT2D eigenvalue weighted by Gasteiger charge is 2.15. The van der Waals surface area contributed by atoms with Gasteiger partial charge in [-0.05, 0) is 12.1 Å². The molecule has 4 heteroatoms. The Balaban J connectivity index is 3.21. The van der Waals surface area contributed by atoms with Gasteiger partial charge in [0.25, 0.3) is 6.43 Å². The maximum absolute atomic E-state index is 12.0. The molecule has 1 nitrogen and oxygen atoms in total. The molecule has 1 rings (SSSR count). The van der Waals surface area contributed by atoms with Crippen molar-refractivity contribution in [3.05, 3.63) is 28.8 Å². The smallest absolute Gasteiger partial charge is 0.268 e. The van der Waals surface area contributed by atoms with Crippen molar-refractivity contribution in [1.82, 2.24) is 0 Å². The molecule has 1 N–H and O–H groups in total. The van der Waals surface area contributed by atoms with Crippen molar-refractivity contribution in [2.75, 3.05) is 0 Å². The predicted molar refractivity (Wildman–Crippen MR) is 38.1 cm³/mol. The van der Waals surface area contributed by atoms with Crippen LogP contribution in [0.25, 0.3) is 0 Å². The molecule has 0 unspecified atom stereocenters. The van der Waals surface area contributed by atoms with Gasteiger partial charge in [-0.1, -0.05) is 17.7 Å². The van der Waals surface area contributed by atoms with Gasteiger partial charge in [0, 0.05) is 0 Å². The number of phenols is 1. The van der Waals surface area contributed by atoms with E-state index in [4.69, 9.17) is 16.7 Å². The Bertz CT molecular complexity index is 242. The van der Waals surface area contributed by atoms with E-state index in [1.54, 1.807) is 0 Å². The van der Waals surface area contributed by atoms with Crippen molar-refractivity contribution in [2.24, 2.45) is 0 Å². The molecular weight excluding hydrogens is 174 g/mol. The van der Waals surface area contributed by atoms with E-state index in [1.165, 1.54) is 18.2 Å². The number of hydrogen-bond acceptors (Lipinski definition) is 1. The summed E-state index contributed by atoms with van der Waals surface area (Å²) < 4.78 is 24.1. The third kappa shape index (κ3) is 1.60. The zero-order chi connectivity index (χ0) is 8.43. The molecule has 0 saturated heterocycles. The predicted octanol–water partition coefficient (Wildman–Crippen LogP) is 2.98. The SMILES string of the molecule is Oc1cccc(Cl)c1C(F)F. The van der Waals surface area contributed by atoms with Gasteiger partial charge < -0.3 is 5.11 Å². The van der Waals surface area contributed by atoms with Crippen molar-refractivity contribution >= 4 is 11.6 Å². The lowest BCUT2D eigenvalue weighted by atomic mass is 10.2. The van der Waals surface area contributed by atoms with E-state index >= 15 is 0 Å². The quantitative estimate of drug-likeness (QED) is 0.701. The second-order valence-corrected chi connectivity index (χ2v) is 2.38. The van der Waals surface area contributed by atoms with E-state index in [2.05, 4.69) is 0 Å². The Morgan fingerprint density at radius 1 is 1.36 bits per heavy atom. The Morgan fingerprint density at radius 3 is 2.36 bits per heavy atom. The minimum Gasteiger partial charge on any atom is -0.507 e. The average Bonchev–Trinajstić information content (AvgIpc) is 1.85. The first kappa shape index (κ1) is 8.27. The molecule has 0 amide bonds. The highest BCUT2D eigenvalue weighted by molar-refractivity contribution is 6.31. The van der Waals surface area contributed by atoms with Crippen LogP contribution in [0.3, 0.4) is 0 Å². The normalized spacial score (nSPS) is 10.5. The van der Waals surface area contributed by atoms with Crippen molar-refractivity contribution < 1.29 is 13.9 Å². The molecule has 0 saturated carbocycles. The monoisotopic (exact) mass is 178 g/mol. The van der Waals surface area contributed by atoms with Crippen LogP contribution in [-0.2, 0) is 0 Å². The van der Waals surface area contributed by atoms with Gasteiger partial charge in [-0.2, -0.15) is 0 Å². The molecule has 1 aromatic carbocycles. The van der Waals surface area contributed by atoms with Crippen LogP contribution in [0.5, 0.6) is 5.75 Å². The minimum absolute atomic E-state index is 0.111. The zero-order valence-electron chi connectivity index (χ0n) is 5.39. The number of aromatic hydroxyl groups is 1. The van der Waals surface area contributed by atoms with Crippen LogP contribution in [0.4, 0.5) is 8.78 Å². The van der Waals surface area contributed by atoms with E-state index in [0.717, 1.165) is 0 Å². The highest BCUT2D eigenvalue weighted by Crippen LogP contribution is 2.33. The van der Waals surface area contributed by atoms with E-state index in [-0.39, 0.29) is 5.02 Å². The van der Waals surface area contributed by atoms with Gasteiger partial charge in [-0.25, -0.2) is 8.78 Å². The third-order valence-corrected chi connectivity index (χ3v) is 1.58. The summed E-state index contributed by atoms with van der Waals surface area (Å²) in [6.07, 6.45) is -2.73. The van der Waals surface area contributed by atoms with Crippen LogP contribution in [0.2, 0.25) is 5.02 Å². The second kappa shape index (κ2) is 3.05. The van der Waals surface area contributed by atoms with Crippen LogP contribution < -0.4 is 0 Å². The van der Waals surface area contributed by atoms with Crippen LogP contribution in [0.1, 0.15) is 12.0 Å². The van der Waals surface area contributed by atoms with Gasteiger partial charge in [-0.15, -0.1) is 0 Å². The summed E-state index contributed by atoms with van der Waals surface area (Å²) in [5.74, 6) is -0.465. The Morgan fingerprint density at radius 2 is 2.00 bits per heavy atom. The first-order valence-electron chi connectivity index (χ1n) is 2.88. The molecule has 0 aliphatic rings. The standard InChI is InChI=1S/C7H5ClF2O/c8-4-2-1-3-5(11)6(4)7(9)10/h1-3,7,11H. The van der Waals surface area contributed by atoms with E-state index < -0.39 is 17.7 Å². The molecule has 0 bridgehead atoms. The maximum Gasteiger partial charge on any atom is 0.268 e. The molecule has 11 heavy (non-hydrogen) atoms. The minimum atomic E-state index is -2.73. The van der Waals surface area contributed by atoms with Gasteiger partial charge in [0.2, 0.25) is 0 Å². The van der Waals surface area contributed by atoms with E-state index in [1.807, 2.05) is 0 Å². The molecular formula is C7H5ClF2O. The largest absolute Gasteiger partial charge is 0.507 e. The number of benzene rings is 1. The van der Waals surface area contributed by atoms with Crippen molar-refractivity contribution in [2.45, 2.75) is 6.43 Å². The van der Waals surface area contributed by atoms with Gasteiger partial charge in [0.15, 0.2) is 0 Å². The lowest BCUT2D eigenvalue weighted by Crippen LogP contribution is -1.85.